The van der Waals surface area contributed by atoms with Crippen molar-refractivity contribution < 1.29 is 9.31 Å². The van der Waals surface area contributed by atoms with Crippen LogP contribution >= 0.6 is 0 Å². The smallest absolute Gasteiger partial charge is 0.528 e. The Hall–Kier alpha value is -1.90. The van der Waals surface area contributed by atoms with E-state index in [-0.39, 0.29) is 7.69 Å². The van der Waals surface area contributed by atoms with E-state index in [4.69, 9.17) is 9.31 Å². The molecule has 0 saturated heterocycles. The Balaban J connectivity index is 2.02. The fourth-order valence-corrected chi connectivity index (χ4v) is 2.70. The van der Waals surface area contributed by atoms with Crippen LogP contribution in [0, 0.1) is 0 Å². The summed E-state index contributed by atoms with van der Waals surface area (Å²) in [7, 11) is 0.247. The molecule has 0 aliphatic rings. The van der Waals surface area contributed by atoms with E-state index in [1.807, 2.05) is 0 Å². The Morgan fingerprint density at radius 2 is 1.09 bits per heavy atom. The first-order chi connectivity index (χ1) is 11.2. The number of hydrogen-bond donors (Lipinski definition) is 0. The van der Waals surface area contributed by atoms with Gasteiger partial charge in [0.25, 0.3) is 0 Å². The Kier molecular flexibility index (Phi) is 6.58. The zero-order valence-electron chi connectivity index (χ0n) is 14.8. The molecule has 2 aromatic carbocycles. The molecule has 0 heterocycles. The van der Waals surface area contributed by atoms with Gasteiger partial charge in [0, 0.05) is 0 Å². The molecule has 0 unspecified atom stereocenters. The van der Waals surface area contributed by atoms with Crippen molar-refractivity contribution in [3.63, 3.8) is 0 Å². The van der Waals surface area contributed by atoms with Crippen LogP contribution in [0.5, 0.6) is 11.5 Å². The maximum Gasteiger partial charge on any atom is 0.576 e. The second kappa shape index (κ2) is 8.66. The van der Waals surface area contributed by atoms with E-state index in [2.05, 4.69) is 64.1 Å². The maximum atomic E-state index is 5.87. The van der Waals surface area contributed by atoms with Crippen LogP contribution in [0.3, 0.4) is 0 Å². The van der Waals surface area contributed by atoms with Gasteiger partial charge >= 0.3 is 7.69 Å². The lowest BCUT2D eigenvalue weighted by Gasteiger charge is -2.14. The summed E-state index contributed by atoms with van der Waals surface area (Å²) in [5.74, 6) is 1.85. The standard InChI is InChI=1S/C20H27BO2/c1-5-15-9-11-19(17(7-3)13-15)22-21-23-20-12-10-16(6-2)14-18(20)8-4/h9-14,21H,5-8H2,1-4H3. The molecule has 0 saturated carbocycles. The predicted octanol–water partition coefficient (Wildman–Crippen LogP) is 4.66. The first-order valence-corrected chi connectivity index (χ1v) is 8.70. The fraction of sp³-hybridized carbons (Fsp3) is 0.400. The molecule has 0 aliphatic heterocycles. The van der Waals surface area contributed by atoms with Gasteiger partial charge in [-0.1, -0.05) is 52.0 Å². The van der Waals surface area contributed by atoms with Gasteiger partial charge in [0.05, 0.1) is 0 Å². The van der Waals surface area contributed by atoms with Crippen LogP contribution in [-0.4, -0.2) is 7.69 Å². The van der Waals surface area contributed by atoms with Crippen LogP contribution in [-0.2, 0) is 25.7 Å². The highest BCUT2D eigenvalue weighted by atomic mass is 16.6. The number of hydrogen-bond acceptors (Lipinski definition) is 2. The summed E-state index contributed by atoms with van der Waals surface area (Å²) >= 11 is 0. The first-order valence-electron chi connectivity index (χ1n) is 8.70. The third kappa shape index (κ3) is 4.54. The summed E-state index contributed by atoms with van der Waals surface area (Å²) < 4.78 is 11.7. The average molecular weight is 310 g/mol. The minimum atomic E-state index is 0.247. The summed E-state index contributed by atoms with van der Waals surface area (Å²) in [6, 6.07) is 12.8. The second-order valence-electron chi connectivity index (χ2n) is 5.70. The van der Waals surface area contributed by atoms with Crippen LogP contribution in [0.15, 0.2) is 36.4 Å². The van der Waals surface area contributed by atoms with Gasteiger partial charge in [0.15, 0.2) is 0 Å². The molecule has 0 bridgehead atoms. The number of aryl methyl sites for hydroxylation is 4. The largest absolute Gasteiger partial charge is 0.576 e. The fourth-order valence-electron chi connectivity index (χ4n) is 2.70. The first kappa shape index (κ1) is 17.5. The van der Waals surface area contributed by atoms with Crippen molar-refractivity contribution in [1.82, 2.24) is 0 Å². The summed E-state index contributed by atoms with van der Waals surface area (Å²) in [4.78, 5) is 0. The minimum Gasteiger partial charge on any atom is -0.528 e. The molecule has 0 radical (unpaired) electrons. The van der Waals surface area contributed by atoms with Gasteiger partial charge in [-0.25, -0.2) is 0 Å². The molecule has 0 N–H and O–H groups in total. The van der Waals surface area contributed by atoms with Gasteiger partial charge in [-0.2, -0.15) is 0 Å². The quantitative estimate of drug-likeness (QED) is 0.660. The van der Waals surface area contributed by atoms with Crippen molar-refractivity contribution in [2.45, 2.75) is 53.4 Å². The topological polar surface area (TPSA) is 18.5 Å². The van der Waals surface area contributed by atoms with E-state index in [0.29, 0.717) is 0 Å². The molecule has 0 aliphatic carbocycles. The molecular weight excluding hydrogens is 283 g/mol. The van der Waals surface area contributed by atoms with E-state index in [0.717, 1.165) is 37.2 Å². The highest BCUT2D eigenvalue weighted by Gasteiger charge is 2.08. The zero-order chi connectivity index (χ0) is 16.7. The molecule has 0 atom stereocenters. The molecule has 2 nitrogen and oxygen atoms in total. The van der Waals surface area contributed by atoms with Gasteiger partial charge in [0.1, 0.15) is 11.5 Å². The van der Waals surface area contributed by atoms with Crippen molar-refractivity contribution in [3.05, 3.63) is 58.7 Å². The van der Waals surface area contributed by atoms with Crippen LogP contribution in [0.25, 0.3) is 0 Å². The van der Waals surface area contributed by atoms with Crippen LogP contribution in [0.2, 0.25) is 0 Å². The van der Waals surface area contributed by atoms with E-state index >= 15 is 0 Å². The molecule has 3 heteroatoms. The SMILES string of the molecule is CCc1ccc(OBOc2ccc(CC)cc2CC)c(CC)c1. The van der Waals surface area contributed by atoms with Crippen LogP contribution in [0.4, 0.5) is 0 Å². The second-order valence-corrected chi connectivity index (χ2v) is 5.70. The lowest BCUT2D eigenvalue weighted by molar-refractivity contribution is 0.453. The van der Waals surface area contributed by atoms with Gasteiger partial charge in [-0.3, -0.25) is 0 Å². The molecule has 0 amide bonds. The summed E-state index contributed by atoms with van der Waals surface area (Å²) in [5, 5.41) is 0. The number of rotatable bonds is 8. The van der Waals surface area contributed by atoms with Gasteiger partial charge in [-0.15, -0.1) is 0 Å². The maximum absolute atomic E-state index is 5.87. The molecule has 122 valence electrons. The van der Waals surface area contributed by atoms with Crippen molar-refractivity contribution >= 4 is 7.69 Å². The lowest BCUT2D eigenvalue weighted by atomic mass is 10.0. The van der Waals surface area contributed by atoms with Crippen LogP contribution in [0.1, 0.15) is 49.9 Å². The summed E-state index contributed by atoms with van der Waals surface area (Å²) in [5.41, 5.74) is 5.17. The van der Waals surface area contributed by atoms with Crippen molar-refractivity contribution in [2.24, 2.45) is 0 Å². The molecule has 0 aromatic heterocycles. The number of benzene rings is 2. The van der Waals surface area contributed by atoms with Gasteiger partial charge in [0.2, 0.25) is 0 Å². The Morgan fingerprint density at radius 3 is 1.43 bits per heavy atom. The average Bonchev–Trinajstić information content (AvgIpc) is 2.61. The Labute approximate surface area is 141 Å². The summed E-state index contributed by atoms with van der Waals surface area (Å²) in [6.45, 7) is 8.65. The monoisotopic (exact) mass is 310 g/mol. The third-order valence-corrected chi connectivity index (χ3v) is 4.26. The van der Waals surface area contributed by atoms with Crippen LogP contribution < -0.4 is 9.31 Å². The minimum absolute atomic E-state index is 0.247. The van der Waals surface area contributed by atoms with E-state index in [9.17, 15) is 0 Å². The van der Waals surface area contributed by atoms with E-state index in [1.54, 1.807) is 0 Å². The highest BCUT2D eigenvalue weighted by molar-refractivity contribution is 6.20. The molecule has 2 rings (SSSR count). The van der Waals surface area contributed by atoms with Gasteiger partial charge in [-0.05, 0) is 60.1 Å². The third-order valence-electron chi connectivity index (χ3n) is 4.26. The normalized spacial score (nSPS) is 10.4. The Bertz CT molecular complexity index is 582. The molecular formula is C20H27BO2. The summed E-state index contributed by atoms with van der Waals surface area (Å²) in [6.07, 6.45) is 4.03. The van der Waals surface area contributed by atoms with Crippen molar-refractivity contribution in [3.8, 4) is 11.5 Å². The van der Waals surface area contributed by atoms with Crippen molar-refractivity contribution in [1.29, 1.82) is 0 Å². The Morgan fingerprint density at radius 1 is 0.652 bits per heavy atom. The molecule has 2 aromatic rings. The lowest BCUT2D eigenvalue weighted by Crippen LogP contribution is -2.13. The van der Waals surface area contributed by atoms with Gasteiger partial charge < -0.3 is 9.31 Å². The van der Waals surface area contributed by atoms with E-state index in [1.165, 1.54) is 22.3 Å². The van der Waals surface area contributed by atoms with Crippen molar-refractivity contribution in [2.75, 3.05) is 0 Å². The molecule has 0 fully saturated rings. The molecule has 23 heavy (non-hydrogen) atoms. The predicted molar refractivity (Wildman–Crippen MR) is 98.8 cm³/mol. The zero-order valence-corrected chi connectivity index (χ0v) is 14.8. The van der Waals surface area contributed by atoms with E-state index < -0.39 is 0 Å². The highest BCUT2D eigenvalue weighted by Crippen LogP contribution is 2.23. The molecule has 0 spiro atoms.